The summed E-state index contributed by atoms with van der Waals surface area (Å²) in [5.74, 6) is 0.564. The third-order valence-electron chi connectivity index (χ3n) is 8.00. The monoisotopic (exact) mass is 531 g/mol. The van der Waals surface area contributed by atoms with E-state index in [0.717, 1.165) is 35.7 Å². The highest BCUT2D eigenvalue weighted by molar-refractivity contribution is 5.86. The van der Waals surface area contributed by atoms with Crippen LogP contribution >= 0.6 is 0 Å². The summed E-state index contributed by atoms with van der Waals surface area (Å²) in [4.78, 5) is 26.7. The van der Waals surface area contributed by atoms with E-state index in [9.17, 15) is 15.0 Å². The van der Waals surface area contributed by atoms with Crippen LogP contribution in [0.15, 0.2) is 48.7 Å². The lowest BCUT2D eigenvalue weighted by atomic mass is 9.99. The lowest BCUT2D eigenvalue weighted by molar-refractivity contribution is 0.136. The molecular formula is C28H33N7O4. The molecule has 3 atom stereocenters. The van der Waals surface area contributed by atoms with Crippen molar-refractivity contribution in [3.05, 3.63) is 59.9 Å². The van der Waals surface area contributed by atoms with Crippen LogP contribution in [0.25, 0.3) is 16.4 Å². The first-order chi connectivity index (χ1) is 18.9. The topological polar surface area (TPSA) is 120 Å². The Hall–Kier alpha value is -3.96. The standard InChI is InChI=1S/C28H33N7O4/c1-18-16-33(28(37)38)13-14-34(18)26-25-29-15-23(24(36)22-11-5-8-19-7-3-4-10-21(19)22)35(25)31-27(30-26)39-17-20-9-6-12-32(20)2/h3-5,7-8,10-11,15,18,20,24,36H,6,9,12-14,16-17H2,1-2H3,(H,37,38)/t18-,20?,24?/m0/s1. The predicted molar refractivity (Wildman–Crippen MR) is 146 cm³/mol. The average Bonchev–Trinajstić information content (AvgIpc) is 3.56. The molecule has 2 aromatic heterocycles. The van der Waals surface area contributed by atoms with Crippen molar-refractivity contribution in [2.45, 2.75) is 38.0 Å². The van der Waals surface area contributed by atoms with Crippen LogP contribution in [-0.4, -0.2) is 97.6 Å². The number of rotatable bonds is 6. The molecule has 11 heteroatoms. The number of fused-ring (bicyclic) bond motifs is 2. The maximum atomic E-state index is 11.6. The molecule has 0 bridgehead atoms. The minimum atomic E-state index is -0.982. The Morgan fingerprint density at radius 3 is 2.74 bits per heavy atom. The molecule has 2 aromatic carbocycles. The van der Waals surface area contributed by atoms with Crippen LogP contribution in [0, 0.1) is 0 Å². The second-order valence-corrected chi connectivity index (χ2v) is 10.5. The van der Waals surface area contributed by atoms with E-state index in [-0.39, 0.29) is 18.1 Å². The number of amides is 1. The van der Waals surface area contributed by atoms with Crippen LogP contribution < -0.4 is 9.64 Å². The van der Waals surface area contributed by atoms with E-state index in [1.165, 1.54) is 4.90 Å². The Labute approximate surface area is 226 Å². The van der Waals surface area contributed by atoms with E-state index in [4.69, 9.17) is 9.72 Å². The van der Waals surface area contributed by atoms with Crippen molar-refractivity contribution in [3.63, 3.8) is 0 Å². The third-order valence-corrected chi connectivity index (χ3v) is 8.00. The summed E-state index contributed by atoms with van der Waals surface area (Å²) < 4.78 is 7.77. The minimum absolute atomic E-state index is 0.134. The number of aliphatic hydroxyl groups excluding tert-OH is 1. The average molecular weight is 532 g/mol. The number of anilines is 1. The SMILES string of the molecule is C[C@H]1CN(C(=O)O)CCN1c1nc(OCC2CCCN2C)nn2c(C(O)c3cccc4ccccc34)cnc12. The number of ether oxygens (including phenoxy) is 1. The van der Waals surface area contributed by atoms with Crippen molar-refractivity contribution < 1.29 is 19.7 Å². The molecule has 39 heavy (non-hydrogen) atoms. The fourth-order valence-electron chi connectivity index (χ4n) is 5.76. The molecular weight excluding hydrogens is 498 g/mol. The molecule has 2 aliphatic heterocycles. The molecule has 204 valence electrons. The second-order valence-electron chi connectivity index (χ2n) is 10.5. The molecule has 2 saturated heterocycles. The Balaban J connectivity index is 1.41. The number of hydrogen-bond donors (Lipinski definition) is 2. The first-order valence-electron chi connectivity index (χ1n) is 13.4. The molecule has 1 amide bonds. The Morgan fingerprint density at radius 1 is 1.15 bits per heavy atom. The van der Waals surface area contributed by atoms with Crippen molar-refractivity contribution in [3.8, 4) is 6.01 Å². The molecule has 6 rings (SSSR count). The maximum Gasteiger partial charge on any atom is 0.407 e. The molecule has 2 aliphatic rings. The molecule has 0 saturated carbocycles. The number of carboxylic acid groups (broad SMARTS) is 1. The van der Waals surface area contributed by atoms with Gasteiger partial charge in [0.2, 0.25) is 0 Å². The number of likely N-dealkylation sites (tertiary alicyclic amines) is 1. The van der Waals surface area contributed by atoms with Gasteiger partial charge in [0.15, 0.2) is 11.5 Å². The predicted octanol–water partition coefficient (Wildman–Crippen LogP) is 3.02. The minimum Gasteiger partial charge on any atom is -0.465 e. The van der Waals surface area contributed by atoms with Gasteiger partial charge in [0.1, 0.15) is 12.7 Å². The van der Waals surface area contributed by atoms with Crippen LogP contribution in [0.1, 0.15) is 37.1 Å². The number of nitrogens with zero attached hydrogens (tertiary/aromatic N) is 7. The summed E-state index contributed by atoms with van der Waals surface area (Å²) in [6.45, 7) is 4.62. The molecule has 4 aromatic rings. The van der Waals surface area contributed by atoms with Crippen LogP contribution in [0.5, 0.6) is 6.01 Å². The maximum absolute atomic E-state index is 11.6. The highest BCUT2D eigenvalue weighted by Crippen LogP contribution is 2.32. The number of piperazine rings is 1. The van der Waals surface area contributed by atoms with Crippen molar-refractivity contribution >= 4 is 28.3 Å². The van der Waals surface area contributed by atoms with Crippen molar-refractivity contribution in [1.82, 2.24) is 29.4 Å². The Morgan fingerprint density at radius 2 is 1.97 bits per heavy atom. The zero-order valence-electron chi connectivity index (χ0n) is 22.1. The summed E-state index contributed by atoms with van der Waals surface area (Å²) in [5, 5.41) is 27.8. The summed E-state index contributed by atoms with van der Waals surface area (Å²) in [5.41, 5.74) is 1.75. The zero-order chi connectivity index (χ0) is 27.1. The number of hydrogen-bond acceptors (Lipinski definition) is 8. The Kier molecular flexibility index (Phi) is 6.69. The quantitative estimate of drug-likeness (QED) is 0.387. The van der Waals surface area contributed by atoms with E-state index in [2.05, 4.69) is 22.0 Å². The lowest BCUT2D eigenvalue weighted by Crippen LogP contribution is -2.53. The smallest absolute Gasteiger partial charge is 0.407 e. The van der Waals surface area contributed by atoms with Crippen LogP contribution in [0.4, 0.5) is 10.6 Å². The molecule has 11 nitrogen and oxygen atoms in total. The van der Waals surface area contributed by atoms with Gasteiger partial charge in [-0.2, -0.15) is 4.98 Å². The van der Waals surface area contributed by atoms with Gasteiger partial charge in [-0.1, -0.05) is 42.5 Å². The summed E-state index contributed by atoms with van der Waals surface area (Å²) in [6, 6.07) is 14.2. The normalized spacial score (nSPS) is 21.1. The number of carbonyl (C=O) groups is 1. The van der Waals surface area contributed by atoms with Gasteiger partial charge in [-0.05, 0) is 49.7 Å². The van der Waals surface area contributed by atoms with E-state index in [0.29, 0.717) is 43.4 Å². The Bertz CT molecular complexity index is 1500. The first kappa shape index (κ1) is 25.3. The molecule has 2 N–H and O–H groups in total. The number of benzene rings is 2. The number of aliphatic hydroxyl groups is 1. The fourth-order valence-corrected chi connectivity index (χ4v) is 5.76. The van der Waals surface area contributed by atoms with Crippen molar-refractivity contribution in [2.24, 2.45) is 0 Å². The highest BCUT2D eigenvalue weighted by Gasteiger charge is 2.31. The van der Waals surface area contributed by atoms with Gasteiger partial charge in [-0.25, -0.2) is 14.3 Å². The summed E-state index contributed by atoms with van der Waals surface area (Å²) in [6.07, 6.45) is 1.90. The van der Waals surface area contributed by atoms with Crippen LogP contribution in [0.2, 0.25) is 0 Å². The van der Waals surface area contributed by atoms with Crippen LogP contribution in [0.3, 0.4) is 0 Å². The summed E-state index contributed by atoms with van der Waals surface area (Å²) in [7, 11) is 2.09. The molecule has 0 spiro atoms. The van der Waals surface area contributed by atoms with E-state index < -0.39 is 12.2 Å². The summed E-state index contributed by atoms with van der Waals surface area (Å²) >= 11 is 0. The molecule has 2 fully saturated rings. The van der Waals surface area contributed by atoms with E-state index >= 15 is 0 Å². The molecule has 4 heterocycles. The van der Waals surface area contributed by atoms with Crippen molar-refractivity contribution in [1.29, 1.82) is 0 Å². The van der Waals surface area contributed by atoms with E-state index in [1.54, 1.807) is 10.7 Å². The van der Waals surface area contributed by atoms with Crippen LogP contribution in [-0.2, 0) is 0 Å². The molecule has 0 radical (unpaired) electrons. The van der Waals surface area contributed by atoms with Gasteiger partial charge in [0, 0.05) is 31.7 Å². The third kappa shape index (κ3) is 4.72. The number of imidazole rings is 1. The van der Waals surface area contributed by atoms with Gasteiger partial charge in [0.25, 0.3) is 0 Å². The van der Waals surface area contributed by atoms with Gasteiger partial charge < -0.3 is 29.6 Å². The molecule has 2 unspecified atom stereocenters. The van der Waals surface area contributed by atoms with Gasteiger partial charge >= 0.3 is 12.1 Å². The zero-order valence-corrected chi connectivity index (χ0v) is 22.1. The van der Waals surface area contributed by atoms with E-state index in [1.807, 2.05) is 54.3 Å². The number of aromatic nitrogens is 4. The lowest BCUT2D eigenvalue weighted by Gasteiger charge is -2.39. The van der Waals surface area contributed by atoms with Crippen molar-refractivity contribution in [2.75, 3.05) is 44.7 Å². The number of likely N-dealkylation sites (N-methyl/N-ethyl adjacent to an activating group) is 1. The van der Waals surface area contributed by atoms with Gasteiger partial charge in [0.05, 0.1) is 11.9 Å². The fraction of sp³-hybridized carbons (Fsp3) is 0.429. The largest absolute Gasteiger partial charge is 0.465 e. The second kappa shape index (κ2) is 10.3. The highest BCUT2D eigenvalue weighted by atomic mass is 16.5. The van der Waals surface area contributed by atoms with Gasteiger partial charge in [-0.15, -0.1) is 5.10 Å². The first-order valence-corrected chi connectivity index (χ1v) is 13.4. The molecule has 0 aliphatic carbocycles. The van der Waals surface area contributed by atoms with Gasteiger partial charge in [-0.3, -0.25) is 0 Å².